The van der Waals surface area contributed by atoms with E-state index in [1.54, 1.807) is 0 Å². The van der Waals surface area contributed by atoms with Crippen LogP contribution in [0.3, 0.4) is 0 Å². The topological polar surface area (TPSA) is 9.23 Å². The van der Waals surface area contributed by atoms with Crippen molar-refractivity contribution in [2.45, 2.75) is 46.5 Å². The van der Waals surface area contributed by atoms with Crippen LogP contribution in [-0.4, -0.2) is 6.61 Å². The Morgan fingerprint density at radius 1 is 0.864 bits per heavy atom. The highest BCUT2D eigenvalue weighted by atomic mass is 16.5. The lowest BCUT2D eigenvalue weighted by Crippen LogP contribution is -2.09. The first-order valence-electron chi connectivity index (χ1n) is 8.33. The summed E-state index contributed by atoms with van der Waals surface area (Å²) in [6.07, 6.45) is 2.28. The molecule has 0 N–H and O–H groups in total. The lowest BCUT2D eigenvalue weighted by Gasteiger charge is -2.14. The molecule has 2 aromatic rings. The van der Waals surface area contributed by atoms with Crippen molar-refractivity contribution in [2.24, 2.45) is 5.92 Å². The minimum absolute atomic E-state index is 0.561. The Bertz CT molecular complexity index is 551. The molecule has 0 radical (unpaired) electrons. The standard InChI is InChI=1S/C21H28O/c1-16(2)20-11-9-19(10-12-20)8-5-18(4)15-22-21-13-6-17(3)7-14-21/h6-7,9-14,16,18H,5,8,15H2,1-4H3. The van der Waals surface area contributed by atoms with Crippen LogP contribution in [0, 0.1) is 12.8 Å². The molecule has 1 heteroatoms. The van der Waals surface area contributed by atoms with E-state index in [2.05, 4.69) is 64.1 Å². The van der Waals surface area contributed by atoms with Crippen LogP contribution in [-0.2, 0) is 6.42 Å². The molecule has 0 aliphatic rings. The summed E-state index contributed by atoms with van der Waals surface area (Å²) in [6.45, 7) is 9.61. The van der Waals surface area contributed by atoms with E-state index in [0.717, 1.165) is 25.2 Å². The molecule has 0 saturated carbocycles. The number of hydrogen-bond donors (Lipinski definition) is 0. The molecule has 2 rings (SSSR count). The van der Waals surface area contributed by atoms with Gasteiger partial charge in [-0.2, -0.15) is 0 Å². The van der Waals surface area contributed by atoms with E-state index in [4.69, 9.17) is 4.74 Å². The van der Waals surface area contributed by atoms with Crippen molar-refractivity contribution in [3.8, 4) is 5.75 Å². The maximum atomic E-state index is 5.86. The highest BCUT2D eigenvalue weighted by molar-refractivity contribution is 5.26. The SMILES string of the molecule is Cc1ccc(OCC(C)CCc2ccc(C(C)C)cc2)cc1. The van der Waals surface area contributed by atoms with Gasteiger partial charge < -0.3 is 4.74 Å². The Balaban J connectivity index is 1.75. The van der Waals surface area contributed by atoms with Crippen molar-refractivity contribution in [3.63, 3.8) is 0 Å². The average Bonchev–Trinajstić information content (AvgIpc) is 2.52. The van der Waals surface area contributed by atoms with Crippen LogP contribution in [0.25, 0.3) is 0 Å². The van der Waals surface area contributed by atoms with Crippen LogP contribution in [0.4, 0.5) is 0 Å². The third kappa shape index (κ3) is 5.22. The number of hydrogen-bond acceptors (Lipinski definition) is 1. The van der Waals surface area contributed by atoms with Gasteiger partial charge in [-0.1, -0.05) is 62.7 Å². The molecule has 0 aliphatic carbocycles. The van der Waals surface area contributed by atoms with Crippen LogP contribution < -0.4 is 4.74 Å². The molecule has 0 aromatic heterocycles. The van der Waals surface area contributed by atoms with Crippen molar-refractivity contribution in [1.29, 1.82) is 0 Å². The molecule has 1 nitrogen and oxygen atoms in total. The molecule has 0 spiro atoms. The van der Waals surface area contributed by atoms with E-state index < -0.39 is 0 Å². The number of ether oxygens (including phenoxy) is 1. The van der Waals surface area contributed by atoms with E-state index in [-0.39, 0.29) is 0 Å². The van der Waals surface area contributed by atoms with E-state index in [9.17, 15) is 0 Å². The van der Waals surface area contributed by atoms with Gasteiger partial charge in [-0.15, -0.1) is 0 Å². The summed E-state index contributed by atoms with van der Waals surface area (Å²) in [5, 5.41) is 0. The molecule has 0 fully saturated rings. The molecule has 0 heterocycles. The van der Waals surface area contributed by atoms with E-state index >= 15 is 0 Å². The second kappa shape index (κ2) is 8.03. The maximum Gasteiger partial charge on any atom is 0.119 e. The Morgan fingerprint density at radius 2 is 1.50 bits per heavy atom. The summed E-state index contributed by atoms with van der Waals surface area (Å²) in [7, 11) is 0. The van der Waals surface area contributed by atoms with Crippen LogP contribution in [0.15, 0.2) is 48.5 Å². The van der Waals surface area contributed by atoms with Gasteiger partial charge in [0, 0.05) is 0 Å². The lowest BCUT2D eigenvalue weighted by molar-refractivity contribution is 0.252. The molecule has 2 aromatic carbocycles. The summed E-state index contributed by atoms with van der Waals surface area (Å²) >= 11 is 0. The third-order valence-electron chi connectivity index (χ3n) is 4.13. The molecule has 0 saturated heterocycles. The zero-order valence-corrected chi connectivity index (χ0v) is 14.3. The van der Waals surface area contributed by atoms with Crippen LogP contribution in [0.5, 0.6) is 5.75 Å². The average molecular weight is 296 g/mol. The van der Waals surface area contributed by atoms with Crippen LogP contribution in [0.2, 0.25) is 0 Å². The molecule has 1 unspecified atom stereocenters. The highest BCUT2D eigenvalue weighted by Crippen LogP contribution is 2.18. The molecule has 0 amide bonds. The van der Waals surface area contributed by atoms with Crippen molar-refractivity contribution in [2.75, 3.05) is 6.61 Å². The summed E-state index contributed by atoms with van der Waals surface area (Å²) in [6, 6.07) is 17.3. The van der Waals surface area contributed by atoms with Crippen molar-refractivity contribution < 1.29 is 4.74 Å². The molecule has 0 bridgehead atoms. The summed E-state index contributed by atoms with van der Waals surface area (Å²) < 4.78 is 5.86. The molecular formula is C21H28O. The molecule has 1 atom stereocenters. The molecule has 118 valence electrons. The van der Waals surface area contributed by atoms with Crippen LogP contribution in [0.1, 0.15) is 49.8 Å². The van der Waals surface area contributed by atoms with E-state index in [0.29, 0.717) is 11.8 Å². The monoisotopic (exact) mass is 296 g/mol. The van der Waals surface area contributed by atoms with Crippen LogP contribution >= 0.6 is 0 Å². The first kappa shape index (κ1) is 16.6. The number of benzene rings is 2. The Hall–Kier alpha value is -1.76. The van der Waals surface area contributed by atoms with Crippen molar-refractivity contribution in [1.82, 2.24) is 0 Å². The second-order valence-electron chi connectivity index (χ2n) is 6.66. The minimum atomic E-state index is 0.561. The smallest absolute Gasteiger partial charge is 0.119 e. The molecule has 22 heavy (non-hydrogen) atoms. The zero-order chi connectivity index (χ0) is 15.9. The Labute approximate surface area is 135 Å². The minimum Gasteiger partial charge on any atom is -0.493 e. The Kier molecular flexibility index (Phi) is 6.06. The summed E-state index contributed by atoms with van der Waals surface area (Å²) in [5.41, 5.74) is 4.11. The van der Waals surface area contributed by atoms with Gasteiger partial charge in [0.15, 0.2) is 0 Å². The first-order valence-corrected chi connectivity index (χ1v) is 8.33. The number of rotatable bonds is 7. The molecular weight excluding hydrogens is 268 g/mol. The van der Waals surface area contributed by atoms with Crippen molar-refractivity contribution in [3.05, 3.63) is 65.2 Å². The fraction of sp³-hybridized carbons (Fsp3) is 0.429. The molecule has 0 aliphatic heterocycles. The largest absolute Gasteiger partial charge is 0.493 e. The predicted octanol–water partition coefficient (Wildman–Crippen LogP) is 5.77. The summed E-state index contributed by atoms with van der Waals surface area (Å²) in [5.74, 6) is 2.14. The second-order valence-corrected chi connectivity index (χ2v) is 6.66. The van der Waals surface area contributed by atoms with E-state index in [1.807, 2.05) is 12.1 Å². The quantitative estimate of drug-likeness (QED) is 0.630. The zero-order valence-electron chi connectivity index (χ0n) is 14.3. The van der Waals surface area contributed by atoms with Crippen molar-refractivity contribution >= 4 is 0 Å². The first-order chi connectivity index (χ1) is 10.5. The predicted molar refractivity (Wildman–Crippen MR) is 94.7 cm³/mol. The number of aryl methyl sites for hydroxylation is 2. The van der Waals surface area contributed by atoms with Gasteiger partial charge in [-0.25, -0.2) is 0 Å². The van der Waals surface area contributed by atoms with Gasteiger partial charge in [0.05, 0.1) is 6.61 Å². The highest BCUT2D eigenvalue weighted by Gasteiger charge is 2.05. The summed E-state index contributed by atoms with van der Waals surface area (Å²) in [4.78, 5) is 0. The van der Waals surface area contributed by atoms with Gasteiger partial charge in [-0.05, 0) is 54.9 Å². The maximum absolute atomic E-state index is 5.86. The normalized spacial score (nSPS) is 12.4. The fourth-order valence-corrected chi connectivity index (χ4v) is 2.44. The van der Waals surface area contributed by atoms with Gasteiger partial charge in [0.25, 0.3) is 0 Å². The van der Waals surface area contributed by atoms with Gasteiger partial charge in [-0.3, -0.25) is 0 Å². The fourth-order valence-electron chi connectivity index (χ4n) is 2.44. The van der Waals surface area contributed by atoms with Gasteiger partial charge >= 0.3 is 0 Å². The van der Waals surface area contributed by atoms with Gasteiger partial charge in [0.2, 0.25) is 0 Å². The Morgan fingerprint density at radius 3 is 2.09 bits per heavy atom. The van der Waals surface area contributed by atoms with E-state index in [1.165, 1.54) is 16.7 Å². The third-order valence-corrected chi connectivity index (χ3v) is 4.13. The lowest BCUT2D eigenvalue weighted by atomic mass is 9.98. The van der Waals surface area contributed by atoms with Gasteiger partial charge in [0.1, 0.15) is 5.75 Å².